The van der Waals surface area contributed by atoms with E-state index in [-0.39, 0.29) is 33.8 Å². The lowest BCUT2D eigenvalue weighted by molar-refractivity contribution is -0.143. The molecule has 0 saturated heterocycles. The molecule has 2 aromatic heterocycles. The fourth-order valence-electron chi connectivity index (χ4n) is 3.33. The van der Waals surface area contributed by atoms with Crippen LogP contribution in [0, 0.1) is 5.92 Å². The molecule has 1 aromatic carbocycles. The average molecular weight is 449 g/mol. The number of carbonyl (C=O) groups is 1. The first-order valence-electron chi connectivity index (χ1n) is 8.85. The Morgan fingerprint density at radius 2 is 1.60 bits per heavy atom. The van der Waals surface area contributed by atoms with E-state index in [1.54, 1.807) is 0 Å². The second kappa shape index (κ2) is 7.22. The maximum Gasteiger partial charge on any atom is 0.416 e. The third kappa shape index (κ3) is 3.98. The number of hydrogen-bond donors (Lipinski definition) is 1. The number of amides is 1. The maximum atomic E-state index is 13.1. The minimum absolute atomic E-state index is 0.0377. The minimum Gasteiger partial charge on any atom is -0.300 e. The Bertz CT molecular complexity index is 1060. The number of benzene rings is 1. The zero-order valence-electron chi connectivity index (χ0n) is 15.0. The molecule has 1 aliphatic carbocycles. The molecule has 3 aromatic rings. The van der Waals surface area contributed by atoms with Crippen LogP contribution in [0.2, 0.25) is 0 Å². The number of hydrogen-bond acceptors (Lipinski definition) is 5. The molecule has 1 saturated carbocycles. The van der Waals surface area contributed by atoms with Gasteiger partial charge in [-0.05, 0) is 31.0 Å². The van der Waals surface area contributed by atoms with Gasteiger partial charge in [0.05, 0.1) is 11.1 Å². The summed E-state index contributed by atoms with van der Waals surface area (Å²) in [4.78, 5) is 12.4. The fraction of sp³-hybridized carbons (Fsp3) is 0.412. The molecule has 1 aliphatic rings. The van der Waals surface area contributed by atoms with Gasteiger partial charge in [0.2, 0.25) is 16.0 Å². The van der Waals surface area contributed by atoms with Gasteiger partial charge >= 0.3 is 12.4 Å². The Morgan fingerprint density at radius 3 is 2.17 bits per heavy atom. The number of nitrogens with zero attached hydrogens (tertiary/aromatic N) is 4. The average Bonchev–Trinajstić information content (AvgIpc) is 3.36. The number of carbonyl (C=O) groups excluding carboxylic acids is 1. The molecule has 1 N–H and O–H groups in total. The molecule has 4 rings (SSSR count). The van der Waals surface area contributed by atoms with E-state index in [2.05, 4.69) is 20.6 Å². The van der Waals surface area contributed by atoms with Crippen molar-refractivity contribution in [1.82, 2.24) is 19.8 Å². The summed E-state index contributed by atoms with van der Waals surface area (Å²) in [6.07, 6.45) is -6.56. The number of anilines is 1. The summed E-state index contributed by atoms with van der Waals surface area (Å²) in [7, 11) is 0. The van der Waals surface area contributed by atoms with Gasteiger partial charge in [0, 0.05) is 11.5 Å². The molecule has 13 heteroatoms. The SMILES string of the molecule is O=C(Nc1nn2c(-c3cc(C(F)(F)F)cc(C(F)(F)F)c3)nnc2s1)C1CCCC1. The molecule has 160 valence electrons. The van der Waals surface area contributed by atoms with Crippen LogP contribution in [0.4, 0.5) is 31.5 Å². The molecule has 0 spiro atoms. The van der Waals surface area contributed by atoms with Crippen LogP contribution < -0.4 is 5.32 Å². The summed E-state index contributed by atoms with van der Waals surface area (Å²) >= 11 is 0.921. The predicted molar refractivity (Wildman–Crippen MR) is 94.7 cm³/mol. The Morgan fingerprint density at radius 1 is 1.00 bits per heavy atom. The van der Waals surface area contributed by atoms with Gasteiger partial charge in [0.15, 0.2) is 5.82 Å². The monoisotopic (exact) mass is 449 g/mol. The topological polar surface area (TPSA) is 72.2 Å². The first-order chi connectivity index (χ1) is 14.0. The number of halogens is 6. The highest BCUT2D eigenvalue weighted by Gasteiger charge is 2.37. The lowest BCUT2D eigenvalue weighted by Gasteiger charge is -2.13. The van der Waals surface area contributed by atoms with Gasteiger partial charge in [-0.25, -0.2) is 0 Å². The van der Waals surface area contributed by atoms with Crippen molar-refractivity contribution in [2.45, 2.75) is 38.0 Å². The first-order valence-corrected chi connectivity index (χ1v) is 9.67. The predicted octanol–water partition coefficient (Wildman–Crippen LogP) is 5.02. The molecule has 0 radical (unpaired) electrons. The third-order valence-electron chi connectivity index (χ3n) is 4.79. The summed E-state index contributed by atoms with van der Waals surface area (Å²) < 4.78 is 79.7. The standard InChI is InChI=1S/C17H13F6N5OS/c18-16(19,20)10-5-9(6-11(7-10)17(21,22)23)12-25-26-15-28(12)27-14(30-15)24-13(29)8-3-1-2-4-8/h5-8H,1-4H2,(H,24,27,29). The Hall–Kier alpha value is -2.70. The van der Waals surface area contributed by atoms with Crippen molar-refractivity contribution in [2.24, 2.45) is 5.92 Å². The molecule has 0 aliphatic heterocycles. The second-order valence-corrected chi connectivity index (χ2v) is 7.85. The van der Waals surface area contributed by atoms with E-state index >= 15 is 0 Å². The summed E-state index contributed by atoms with van der Waals surface area (Å²) in [5.74, 6) is -0.659. The second-order valence-electron chi connectivity index (χ2n) is 6.89. The van der Waals surface area contributed by atoms with Gasteiger partial charge in [-0.15, -0.1) is 15.3 Å². The van der Waals surface area contributed by atoms with Crippen molar-refractivity contribution in [1.29, 1.82) is 0 Å². The summed E-state index contributed by atoms with van der Waals surface area (Å²) in [5, 5.41) is 14.3. The number of aromatic nitrogens is 4. The Labute approximate surface area is 168 Å². The lowest BCUT2D eigenvalue weighted by Crippen LogP contribution is -2.20. The van der Waals surface area contributed by atoms with E-state index in [0.717, 1.165) is 41.5 Å². The smallest absolute Gasteiger partial charge is 0.300 e. The van der Waals surface area contributed by atoms with Crippen LogP contribution >= 0.6 is 11.3 Å². The molecular weight excluding hydrogens is 436 g/mol. The molecular formula is C17H13F6N5OS. The maximum absolute atomic E-state index is 13.1. The van der Waals surface area contributed by atoms with Gasteiger partial charge in [-0.1, -0.05) is 24.2 Å². The van der Waals surface area contributed by atoms with Crippen LogP contribution in [0.25, 0.3) is 16.3 Å². The quantitative estimate of drug-likeness (QED) is 0.570. The fourth-order valence-corrected chi connectivity index (χ4v) is 4.07. The molecule has 1 amide bonds. The number of nitrogens with one attached hydrogen (secondary N) is 1. The Kier molecular flexibility index (Phi) is 4.95. The van der Waals surface area contributed by atoms with Gasteiger partial charge in [0.25, 0.3) is 0 Å². The van der Waals surface area contributed by atoms with E-state index in [9.17, 15) is 31.1 Å². The molecule has 30 heavy (non-hydrogen) atoms. The van der Waals surface area contributed by atoms with Crippen LogP contribution in [0.3, 0.4) is 0 Å². The molecule has 0 atom stereocenters. The van der Waals surface area contributed by atoms with Gasteiger partial charge in [-0.3, -0.25) is 4.79 Å². The number of fused-ring (bicyclic) bond motifs is 1. The van der Waals surface area contributed by atoms with Crippen LogP contribution in [0.1, 0.15) is 36.8 Å². The first kappa shape index (κ1) is 20.6. The van der Waals surface area contributed by atoms with Crippen molar-refractivity contribution < 1.29 is 31.1 Å². The lowest BCUT2D eigenvalue weighted by atomic mass is 10.0. The summed E-state index contributed by atoms with van der Waals surface area (Å²) in [6.45, 7) is 0. The highest BCUT2D eigenvalue weighted by molar-refractivity contribution is 7.20. The van der Waals surface area contributed by atoms with E-state index in [4.69, 9.17) is 0 Å². The highest BCUT2D eigenvalue weighted by atomic mass is 32.1. The number of alkyl halides is 6. The van der Waals surface area contributed by atoms with Crippen LogP contribution in [-0.4, -0.2) is 25.7 Å². The van der Waals surface area contributed by atoms with E-state index < -0.39 is 29.0 Å². The van der Waals surface area contributed by atoms with Crippen LogP contribution in [0.5, 0.6) is 0 Å². The van der Waals surface area contributed by atoms with Crippen molar-refractivity contribution >= 4 is 27.3 Å². The Balaban J connectivity index is 1.72. The summed E-state index contributed by atoms with van der Waals surface area (Å²) in [6, 6.07) is 1.15. The normalized spacial score (nSPS) is 15.8. The summed E-state index contributed by atoms with van der Waals surface area (Å²) in [5.41, 5.74) is -3.37. The van der Waals surface area contributed by atoms with Crippen molar-refractivity contribution in [2.75, 3.05) is 5.32 Å². The largest absolute Gasteiger partial charge is 0.416 e. The molecule has 0 unspecified atom stereocenters. The molecule has 6 nitrogen and oxygen atoms in total. The number of rotatable bonds is 3. The van der Waals surface area contributed by atoms with Crippen molar-refractivity contribution in [3.8, 4) is 11.4 Å². The van der Waals surface area contributed by atoms with Gasteiger partial charge in [0.1, 0.15) is 0 Å². The zero-order valence-corrected chi connectivity index (χ0v) is 15.8. The van der Waals surface area contributed by atoms with E-state index in [1.165, 1.54) is 0 Å². The van der Waals surface area contributed by atoms with Crippen LogP contribution in [0.15, 0.2) is 18.2 Å². The minimum atomic E-state index is -4.98. The van der Waals surface area contributed by atoms with E-state index in [1.807, 2.05) is 0 Å². The van der Waals surface area contributed by atoms with Crippen LogP contribution in [-0.2, 0) is 17.1 Å². The zero-order chi connectivity index (χ0) is 21.7. The third-order valence-corrected chi connectivity index (χ3v) is 5.61. The van der Waals surface area contributed by atoms with Crippen molar-refractivity contribution in [3.05, 3.63) is 29.3 Å². The van der Waals surface area contributed by atoms with Gasteiger partial charge in [-0.2, -0.15) is 30.9 Å². The van der Waals surface area contributed by atoms with E-state index in [0.29, 0.717) is 12.1 Å². The highest BCUT2D eigenvalue weighted by Crippen LogP contribution is 2.38. The molecule has 1 fully saturated rings. The van der Waals surface area contributed by atoms with Gasteiger partial charge < -0.3 is 5.32 Å². The molecule has 0 bridgehead atoms. The molecule has 2 heterocycles. The van der Waals surface area contributed by atoms with Crippen molar-refractivity contribution in [3.63, 3.8) is 0 Å².